The van der Waals surface area contributed by atoms with E-state index < -0.39 is 5.97 Å². The number of hydrogen-bond donors (Lipinski definition) is 1. The largest absolute Gasteiger partial charge is 0.496 e. The Balaban J connectivity index is 0.00000104. The van der Waals surface area contributed by atoms with Crippen molar-refractivity contribution in [2.24, 2.45) is 0 Å². The van der Waals surface area contributed by atoms with Crippen LogP contribution in [0.3, 0.4) is 0 Å². The van der Waals surface area contributed by atoms with Crippen molar-refractivity contribution in [3.63, 3.8) is 0 Å². The molecule has 1 N–H and O–H groups in total. The Kier molecular flexibility index (Phi) is 11.9. The summed E-state index contributed by atoms with van der Waals surface area (Å²) in [5.74, 6) is -0.621. The van der Waals surface area contributed by atoms with E-state index in [2.05, 4.69) is 16.8 Å². The summed E-state index contributed by atoms with van der Waals surface area (Å²) in [6, 6.07) is 3.21. The molecule has 7 heteroatoms. The van der Waals surface area contributed by atoms with Crippen LogP contribution in [-0.2, 0) is 11.3 Å². The SMILES string of the molecule is CC.CC=O.COc1c(CN2CCN(C)CC2)cc(Cl)cc1C(=O)O. The minimum absolute atomic E-state index is 0.115. The van der Waals surface area contributed by atoms with Gasteiger partial charge in [-0.05, 0) is 26.1 Å². The van der Waals surface area contributed by atoms with Crippen molar-refractivity contribution < 1.29 is 19.4 Å². The van der Waals surface area contributed by atoms with Gasteiger partial charge in [0.05, 0.1) is 7.11 Å². The van der Waals surface area contributed by atoms with Gasteiger partial charge in [-0.2, -0.15) is 0 Å². The van der Waals surface area contributed by atoms with Gasteiger partial charge < -0.3 is 19.5 Å². The molecule has 0 amide bonds. The number of aldehydes is 1. The lowest BCUT2D eigenvalue weighted by Crippen LogP contribution is -2.43. The fourth-order valence-electron chi connectivity index (χ4n) is 2.41. The molecule has 0 aliphatic carbocycles. The summed E-state index contributed by atoms with van der Waals surface area (Å²) in [6.07, 6.45) is 0.750. The van der Waals surface area contributed by atoms with Gasteiger partial charge >= 0.3 is 5.97 Å². The molecule has 1 aromatic rings. The first kappa shape index (κ1) is 23.4. The molecule has 0 atom stereocenters. The number of benzene rings is 1. The van der Waals surface area contributed by atoms with Gasteiger partial charge in [-0.1, -0.05) is 25.4 Å². The first-order chi connectivity index (χ1) is 11.9. The highest BCUT2D eigenvalue weighted by atomic mass is 35.5. The highest BCUT2D eigenvalue weighted by molar-refractivity contribution is 6.31. The maximum atomic E-state index is 11.3. The first-order valence-electron chi connectivity index (χ1n) is 8.33. The number of hydrogen-bond acceptors (Lipinski definition) is 5. The second-order valence-electron chi connectivity index (χ2n) is 5.27. The maximum Gasteiger partial charge on any atom is 0.339 e. The van der Waals surface area contributed by atoms with Crippen LogP contribution in [0.25, 0.3) is 0 Å². The van der Waals surface area contributed by atoms with Gasteiger partial charge in [0.1, 0.15) is 17.6 Å². The van der Waals surface area contributed by atoms with E-state index in [0.29, 0.717) is 17.3 Å². The van der Waals surface area contributed by atoms with Crippen LogP contribution in [0.5, 0.6) is 5.75 Å². The lowest BCUT2D eigenvalue weighted by atomic mass is 10.1. The van der Waals surface area contributed by atoms with E-state index in [0.717, 1.165) is 38.0 Å². The summed E-state index contributed by atoms with van der Waals surface area (Å²) < 4.78 is 5.28. The molecule has 0 spiro atoms. The number of nitrogens with zero attached hydrogens (tertiary/aromatic N) is 2. The maximum absolute atomic E-state index is 11.3. The third-order valence-electron chi connectivity index (χ3n) is 3.56. The first-order valence-corrected chi connectivity index (χ1v) is 8.71. The highest BCUT2D eigenvalue weighted by Gasteiger charge is 2.20. The Bertz CT molecular complexity index is 544. The molecule has 1 aliphatic rings. The van der Waals surface area contributed by atoms with Crippen molar-refractivity contribution in [1.29, 1.82) is 0 Å². The molecule has 1 saturated heterocycles. The van der Waals surface area contributed by atoms with Crippen molar-refractivity contribution in [3.8, 4) is 5.75 Å². The third-order valence-corrected chi connectivity index (χ3v) is 3.77. The average Bonchev–Trinajstić information content (AvgIpc) is 2.59. The molecule has 1 heterocycles. The van der Waals surface area contributed by atoms with E-state index in [9.17, 15) is 9.90 Å². The number of rotatable bonds is 4. The number of halogens is 1. The summed E-state index contributed by atoms with van der Waals surface area (Å²) in [7, 11) is 3.59. The normalized spacial score (nSPS) is 14.5. The summed E-state index contributed by atoms with van der Waals surface area (Å²) in [5, 5.41) is 9.65. The van der Waals surface area contributed by atoms with Gasteiger partial charge in [-0.25, -0.2) is 4.79 Å². The minimum atomic E-state index is -1.02. The Morgan fingerprint density at radius 2 is 1.80 bits per heavy atom. The zero-order chi connectivity index (χ0) is 19.4. The molecule has 0 radical (unpaired) electrons. The second-order valence-corrected chi connectivity index (χ2v) is 5.70. The third kappa shape index (κ3) is 7.86. The number of aromatic carboxylic acids is 1. The number of likely N-dealkylation sites (N-methyl/N-ethyl adjacent to an activating group) is 1. The van der Waals surface area contributed by atoms with Gasteiger partial charge in [-0.15, -0.1) is 0 Å². The number of carbonyl (C=O) groups excluding carboxylic acids is 1. The lowest BCUT2D eigenvalue weighted by molar-refractivity contribution is -0.106. The van der Waals surface area contributed by atoms with E-state index in [-0.39, 0.29) is 5.56 Å². The van der Waals surface area contributed by atoms with E-state index in [1.54, 1.807) is 6.07 Å². The molecule has 6 nitrogen and oxygen atoms in total. The molecule has 0 saturated carbocycles. The quantitative estimate of drug-likeness (QED) is 0.819. The number of methoxy groups -OCH3 is 1. The van der Waals surface area contributed by atoms with Gasteiger partial charge in [0.15, 0.2) is 0 Å². The zero-order valence-electron chi connectivity index (χ0n) is 15.7. The van der Waals surface area contributed by atoms with Crippen LogP contribution in [0.15, 0.2) is 12.1 Å². The number of carbonyl (C=O) groups is 2. The van der Waals surface area contributed by atoms with Crippen LogP contribution >= 0.6 is 11.6 Å². The summed E-state index contributed by atoms with van der Waals surface area (Å²) in [5.41, 5.74) is 0.936. The lowest BCUT2D eigenvalue weighted by Gasteiger charge is -2.32. The Hall–Kier alpha value is -1.63. The fourth-order valence-corrected chi connectivity index (χ4v) is 2.66. The van der Waals surface area contributed by atoms with Crippen molar-refractivity contribution in [3.05, 3.63) is 28.3 Å². The van der Waals surface area contributed by atoms with Gasteiger partial charge in [0.25, 0.3) is 0 Å². The molecule has 1 fully saturated rings. The Morgan fingerprint density at radius 3 is 2.24 bits per heavy atom. The predicted molar refractivity (Wildman–Crippen MR) is 101 cm³/mol. The summed E-state index contributed by atoms with van der Waals surface area (Å²) in [6.45, 7) is 10.0. The van der Waals surface area contributed by atoms with Crippen LogP contribution in [0.1, 0.15) is 36.7 Å². The minimum Gasteiger partial charge on any atom is -0.496 e. The standard InChI is InChI=1S/C14H19ClN2O3.C2H4O.C2H6/c1-16-3-5-17(6-4-16)9-10-7-11(15)8-12(14(18)19)13(10)20-2;1-2-3;1-2/h7-8H,3-6,9H2,1-2H3,(H,18,19);2H,1H3;1-2H3. The van der Waals surface area contributed by atoms with E-state index in [4.69, 9.17) is 21.1 Å². The topological polar surface area (TPSA) is 70.1 Å². The van der Waals surface area contributed by atoms with Crippen LogP contribution in [0, 0.1) is 0 Å². The fraction of sp³-hybridized carbons (Fsp3) is 0.556. The van der Waals surface area contributed by atoms with Crippen LogP contribution < -0.4 is 4.74 Å². The molecule has 0 aromatic heterocycles. The van der Waals surface area contributed by atoms with Gasteiger partial charge in [0, 0.05) is 43.3 Å². The zero-order valence-corrected chi connectivity index (χ0v) is 16.5. The number of carboxylic acids is 1. The number of ether oxygens (including phenoxy) is 1. The molecule has 1 aliphatic heterocycles. The number of carboxylic acid groups (broad SMARTS) is 1. The van der Waals surface area contributed by atoms with Crippen molar-refractivity contribution in [2.75, 3.05) is 40.3 Å². The second kappa shape index (κ2) is 12.7. The van der Waals surface area contributed by atoms with E-state index in [1.165, 1.54) is 20.1 Å². The van der Waals surface area contributed by atoms with E-state index >= 15 is 0 Å². The molecule has 0 unspecified atom stereocenters. The van der Waals surface area contributed by atoms with Crippen molar-refractivity contribution in [1.82, 2.24) is 9.80 Å². The van der Waals surface area contributed by atoms with Crippen LogP contribution in [0.2, 0.25) is 5.02 Å². The van der Waals surface area contributed by atoms with E-state index in [1.807, 2.05) is 13.8 Å². The highest BCUT2D eigenvalue weighted by Crippen LogP contribution is 2.29. The number of piperazine rings is 1. The Morgan fingerprint density at radius 1 is 1.28 bits per heavy atom. The van der Waals surface area contributed by atoms with Crippen LogP contribution in [0.4, 0.5) is 0 Å². The average molecular weight is 373 g/mol. The Labute approximate surface area is 155 Å². The molecule has 0 bridgehead atoms. The van der Waals surface area contributed by atoms with Crippen LogP contribution in [-0.4, -0.2) is 67.5 Å². The van der Waals surface area contributed by atoms with Gasteiger partial charge in [0.2, 0.25) is 0 Å². The van der Waals surface area contributed by atoms with Crippen molar-refractivity contribution in [2.45, 2.75) is 27.3 Å². The van der Waals surface area contributed by atoms with Gasteiger partial charge in [-0.3, -0.25) is 4.90 Å². The van der Waals surface area contributed by atoms with Crippen molar-refractivity contribution >= 4 is 23.9 Å². The summed E-state index contributed by atoms with van der Waals surface area (Å²) >= 11 is 6.02. The molecule has 142 valence electrons. The molecule has 2 rings (SSSR count). The smallest absolute Gasteiger partial charge is 0.339 e. The monoisotopic (exact) mass is 372 g/mol. The molecule has 25 heavy (non-hydrogen) atoms. The molecule has 1 aromatic carbocycles. The summed E-state index contributed by atoms with van der Waals surface area (Å²) in [4.78, 5) is 24.6. The molecular formula is C18H29ClN2O4. The predicted octanol–water partition coefficient (Wildman–Crippen LogP) is 3.03. The molecular weight excluding hydrogens is 344 g/mol.